The average molecular weight is 208 g/mol. The predicted molar refractivity (Wildman–Crippen MR) is 61.3 cm³/mol. The number of rotatable bonds is 6. The van der Waals surface area contributed by atoms with E-state index >= 15 is 0 Å². The highest BCUT2D eigenvalue weighted by atomic mass is 32.1. The predicted octanol–water partition coefficient (Wildman–Crippen LogP) is 2.85. The van der Waals surface area contributed by atoms with E-state index in [0.29, 0.717) is 6.42 Å². The van der Waals surface area contributed by atoms with E-state index < -0.39 is 0 Å². The summed E-state index contributed by atoms with van der Waals surface area (Å²) in [6.45, 7) is 0. The standard InChI is InChI=1S/C12H16OS/c1-2-3-6-11(13)7-4-8-12-9-5-10-14-12/h1,5,9-11,13H,3-4,6-8H2. The molecule has 0 aliphatic rings. The van der Waals surface area contributed by atoms with Crippen molar-refractivity contribution in [2.75, 3.05) is 0 Å². The molecule has 1 N–H and O–H groups in total. The quantitative estimate of drug-likeness (QED) is 0.713. The van der Waals surface area contributed by atoms with Gasteiger partial charge in [-0.05, 0) is 37.1 Å². The first-order chi connectivity index (χ1) is 6.83. The summed E-state index contributed by atoms with van der Waals surface area (Å²) in [5, 5.41) is 11.6. The fourth-order valence-electron chi connectivity index (χ4n) is 1.36. The molecule has 1 unspecified atom stereocenters. The molecule has 0 bridgehead atoms. The summed E-state index contributed by atoms with van der Waals surface area (Å²) < 4.78 is 0. The van der Waals surface area contributed by atoms with Crippen LogP contribution in [0.4, 0.5) is 0 Å². The molecule has 0 aliphatic carbocycles. The lowest BCUT2D eigenvalue weighted by Gasteiger charge is -2.07. The van der Waals surface area contributed by atoms with Gasteiger partial charge in [0.1, 0.15) is 0 Å². The minimum atomic E-state index is -0.217. The van der Waals surface area contributed by atoms with E-state index in [1.165, 1.54) is 4.88 Å². The minimum absolute atomic E-state index is 0.217. The number of hydrogen-bond acceptors (Lipinski definition) is 2. The highest BCUT2D eigenvalue weighted by Crippen LogP contribution is 2.13. The molecule has 14 heavy (non-hydrogen) atoms. The van der Waals surface area contributed by atoms with Crippen molar-refractivity contribution in [2.45, 2.75) is 38.2 Å². The fraction of sp³-hybridized carbons (Fsp3) is 0.500. The summed E-state index contributed by atoms with van der Waals surface area (Å²) in [7, 11) is 0. The first-order valence-corrected chi connectivity index (χ1v) is 5.85. The second-order valence-corrected chi connectivity index (χ2v) is 4.40. The minimum Gasteiger partial charge on any atom is -0.393 e. The first-order valence-electron chi connectivity index (χ1n) is 4.97. The van der Waals surface area contributed by atoms with Crippen LogP contribution in [0.2, 0.25) is 0 Å². The smallest absolute Gasteiger partial charge is 0.0549 e. The molecule has 76 valence electrons. The van der Waals surface area contributed by atoms with Crippen LogP contribution in [0.15, 0.2) is 17.5 Å². The summed E-state index contributed by atoms with van der Waals surface area (Å²) in [5.41, 5.74) is 0. The summed E-state index contributed by atoms with van der Waals surface area (Å²) in [4.78, 5) is 1.40. The van der Waals surface area contributed by atoms with Gasteiger partial charge in [-0.15, -0.1) is 23.7 Å². The molecule has 0 aliphatic heterocycles. The molecular formula is C12H16OS. The van der Waals surface area contributed by atoms with Gasteiger partial charge < -0.3 is 5.11 Å². The second-order valence-electron chi connectivity index (χ2n) is 3.37. The van der Waals surface area contributed by atoms with Gasteiger partial charge in [-0.1, -0.05) is 6.07 Å². The van der Waals surface area contributed by atoms with Crippen LogP contribution in [0, 0.1) is 12.3 Å². The van der Waals surface area contributed by atoms with Gasteiger partial charge in [0.15, 0.2) is 0 Å². The monoisotopic (exact) mass is 208 g/mol. The van der Waals surface area contributed by atoms with Crippen LogP contribution < -0.4 is 0 Å². The van der Waals surface area contributed by atoms with E-state index in [9.17, 15) is 5.11 Å². The van der Waals surface area contributed by atoms with Crippen LogP contribution in [-0.2, 0) is 6.42 Å². The van der Waals surface area contributed by atoms with Crippen molar-refractivity contribution in [2.24, 2.45) is 0 Å². The fourth-order valence-corrected chi connectivity index (χ4v) is 2.11. The van der Waals surface area contributed by atoms with E-state index in [0.717, 1.165) is 25.7 Å². The van der Waals surface area contributed by atoms with Crippen molar-refractivity contribution in [1.29, 1.82) is 0 Å². The molecule has 2 heteroatoms. The summed E-state index contributed by atoms with van der Waals surface area (Å²) in [5.74, 6) is 2.54. The topological polar surface area (TPSA) is 20.2 Å². The molecular weight excluding hydrogens is 192 g/mol. The Morgan fingerprint density at radius 2 is 2.36 bits per heavy atom. The number of aliphatic hydroxyl groups is 1. The van der Waals surface area contributed by atoms with Crippen LogP contribution in [0.3, 0.4) is 0 Å². The average Bonchev–Trinajstić information content (AvgIpc) is 2.67. The Labute approximate surface area is 89.8 Å². The van der Waals surface area contributed by atoms with Crippen molar-refractivity contribution in [1.82, 2.24) is 0 Å². The van der Waals surface area contributed by atoms with Gasteiger partial charge in [0.2, 0.25) is 0 Å². The van der Waals surface area contributed by atoms with Crippen molar-refractivity contribution in [3.63, 3.8) is 0 Å². The SMILES string of the molecule is C#CCCC(O)CCCc1cccs1. The van der Waals surface area contributed by atoms with Gasteiger partial charge in [0.25, 0.3) is 0 Å². The van der Waals surface area contributed by atoms with E-state index in [2.05, 4.69) is 23.4 Å². The maximum atomic E-state index is 9.52. The third-order valence-electron chi connectivity index (χ3n) is 2.16. The molecule has 0 saturated heterocycles. The molecule has 1 aromatic heterocycles. The number of thiophene rings is 1. The third-order valence-corrected chi connectivity index (χ3v) is 3.10. The summed E-state index contributed by atoms with van der Waals surface area (Å²) in [6, 6.07) is 4.20. The van der Waals surface area contributed by atoms with Crippen LogP contribution in [0.5, 0.6) is 0 Å². The van der Waals surface area contributed by atoms with E-state index in [-0.39, 0.29) is 6.10 Å². The Bertz CT molecular complexity index is 271. The molecule has 0 saturated carbocycles. The maximum absolute atomic E-state index is 9.52. The Morgan fingerprint density at radius 3 is 3.00 bits per heavy atom. The van der Waals surface area contributed by atoms with Gasteiger partial charge in [-0.25, -0.2) is 0 Å². The Morgan fingerprint density at radius 1 is 1.50 bits per heavy atom. The maximum Gasteiger partial charge on any atom is 0.0549 e. The molecule has 0 aromatic carbocycles. The molecule has 0 spiro atoms. The van der Waals surface area contributed by atoms with Crippen LogP contribution in [0.25, 0.3) is 0 Å². The molecule has 1 heterocycles. The van der Waals surface area contributed by atoms with Gasteiger partial charge in [0, 0.05) is 11.3 Å². The zero-order valence-electron chi connectivity index (χ0n) is 8.28. The molecule has 1 nitrogen and oxygen atoms in total. The van der Waals surface area contributed by atoms with Crippen molar-refractivity contribution < 1.29 is 5.11 Å². The zero-order chi connectivity index (χ0) is 10.2. The summed E-state index contributed by atoms with van der Waals surface area (Å²) >= 11 is 1.78. The number of aliphatic hydroxyl groups excluding tert-OH is 1. The van der Waals surface area contributed by atoms with E-state index in [1.54, 1.807) is 11.3 Å². The lowest BCUT2D eigenvalue weighted by Crippen LogP contribution is -2.05. The van der Waals surface area contributed by atoms with Crippen molar-refractivity contribution in [3.8, 4) is 12.3 Å². The van der Waals surface area contributed by atoms with Gasteiger partial charge in [0.05, 0.1) is 6.10 Å². The van der Waals surface area contributed by atoms with Crippen molar-refractivity contribution >= 4 is 11.3 Å². The largest absolute Gasteiger partial charge is 0.393 e. The molecule has 1 rings (SSSR count). The van der Waals surface area contributed by atoms with E-state index in [4.69, 9.17) is 6.42 Å². The lowest BCUT2D eigenvalue weighted by atomic mass is 10.1. The molecule has 1 atom stereocenters. The normalized spacial score (nSPS) is 12.3. The van der Waals surface area contributed by atoms with Crippen LogP contribution in [0.1, 0.15) is 30.6 Å². The second kappa shape index (κ2) is 6.64. The third kappa shape index (κ3) is 4.45. The Kier molecular flexibility index (Phi) is 5.36. The van der Waals surface area contributed by atoms with Gasteiger partial charge in [-0.3, -0.25) is 0 Å². The van der Waals surface area contributed by atoms with Crippen molar-refractivity contribution in [3.05, 3.63) is 22.4 Å². The number of terminal acetylenes is 1. The summed E-state index contributed by atoms with van der Waals surface area (Å²) in [6.07, 6.45) is 9.31. The highest BCUT2D eigenvalue weighted by Gasteiger charge is 2.03. The zero-order valence-corrected chi connectivity index (χ0v) is 9.09. The number of hydrogen-bond donors (Lipinski definition) is 1. The van der Waals surface area contributed by atoms with Crippen LogP contribution in [-0.4, -0.2) is 11.2 Å². The van der Waals surface area contributed by atoms with Gasteiger partial charge >= 0.3 is 0 Å². The van der Waals surface area contributed by atoms with E-state index in [1.807, 2.05) is 0 Å². The number of aryl methyl sites for hydroxylation is 1. The molecule has 0 radical (unpaired) electrons. The van der Waals surface area contributed by atoms with Gasteiger partial charge in [-0.2, -0.15) is 0 Å². The Hall–Kier alpha value is -0.780. The highest BCUT2D eigenvalue weighted by molar-refractivity contribution is 7.09. The molecule has 0 fully saturated rings. The first kappa shape index (κ1) is 11.3. The Balaban J connectivity index is 2.07. The molecule has 0 amide bonds. The lowest BCUT2D eigenvalue weighted by molar-refractivity contribution is 0.154. The van der Waals surface area contributed by atoms with Crippen LogP contribution >= 0.6 is 11.3 Å². The molecule has 1 aromatic rings.